The van der Waals surface area contributed by atoms with Crippen LogP contribution in [-0.2, 0) is 9.53 Å². The van der Waals surface area contributed by atoms with Crippen molar-refractivity contribution in [1.82, 2.24) is 5.32 Å². The smallest absolute Gasteiger partial charge is 0.408 e. The van der Waals surface area contributed by atoms with E-state index in [0.29, 0.717) is 23.0 Å². The van der Waals surface area contributed by atoms with Crippen LogP contribution in [0.15, 0.2) is 71.2 Å². The molecule has 3 aromatic rings. The van der Waals surface area contributed by atoms with E-state index in [9.17, 15) is 19.5 Å². The number of ether oxygens (including phenoxy) is 1. The summed E-state index contributed by atoms with van der Waals surface area (Å²) >= 11 is 3.26. The van der Waals surface area contributed by atoms with Gasteiger partial charge in [-0.05, 0) is 59.7 Å². The number of carbonyl (C=O) groups is 3. The summed E-state index contributed by atoms with van der Waals surface area (Å²) in [5.74, 6) is -1.57. The second-order valence-electron chi connectivity index (χ2n) is 8.87. The number of rotatable bonds is 6. The fourth-order valence-corrected chi connectivity index (χ4v) is 5.30. The fourth-order valence-electron chi connectivity index (χ4n) is 4.81. The Hall–Kier alpha value is -3.65. The lowest BCUT2D eigenvalue weighted by Gasteiger charge is -2.40. The molecule has 5 rings (SSSR count). The van der Waals surface area contributed by atoms with Crippen LogP contribution in [0.25, 0.3) is 11.1 Å². The second kappa shape index (κ2) is 9.19. The molecule has 2 amide bonds. The highest BCUT2D eigenvalue weighted by Crippen LogP contribution is 2.44. The van der Waals surface area contributed by atoms with Gasteiger partial charge in [-0.1, -0.05) is 64.5 Å². The average Bonchev–Trinajstić information content (AvgIpc) is 3.13. The third-order valence-corrected chi connectivity index (χ3v) is 7.19. The largest absolute Gasteiger partial charge is 0.478 e. The van der Waals surface area contributed by atoms with Crippen LogP contribution in [0.2, 0.25) is 0 Å². The molecule has 35 heavy (non-hydrogen) atoms. The van der Waals surface area contributed by atoms with Crippen LogP contribution in [-0.4, -0.2) is 35.2 Å². The normalized spacial score (nSPS) is 15.3. The summed E-state index contributed by atoms with van der Waals surface area (Å²) in [6, 6.07) is 20.6. The highest BCUT2D eigenvalue weighted by atomic mass is 79.9. The van der Waals surface area contributed by atoms with Gasteiger partial charge in [0.2, 0.25) is 5.91 Å². The Labute approximate surface area is 210 Å². The van der Waals surface area contributed by atoms with E-state index < -0.39 is 23.5 Å². The van der Waals surface area contributed by atoms with Gasteiger partial charge >= 0.3 is 12.1 Å². The molecule has 8 heteroatoms. The molecule has 0 saturated heterocycles. The Morgan fingerprint density at radius 3 is 2.17 bits per heavy atom. The fraction of sp³-hybridized carbons (Fsp3) is 0.222. The third-order valence-electron chi connectivity index (χ3n) is 6.73. The Morgan fingerprint density at radius 2 is 1.60 bits per heavy atom. The molecule has 0 atom stereocenters. The maximum Gasteiger partial charge on any atom is 0.408 e. The van der Waals surface area contributed by atoms with Crippen LogP contribution >= 0.6 is 15.9 Å². The summed E-state index contributed by atoms with van der Waals surface area (Å²) in [7, 11) is 0. The number of aromatic carboxylic acids is 1. The number of hydrogen-bond donors (Lipinski definition) is 3. The maximum atomic E-state index is 13.1. The van der Waals surface area contributed by atoms with Crippen molar-refractivity contribution in [1.29, 1.82) is 0 Å². The standard InChI is InChI=1S/C27H23BrN2O5/c28-17-12-16(24(31)32)13-18(14-17)29-25(33)27(10-5-11-27)30-26(34)35-15-23-21-8-3-1-6-19(21)20-7-2-4-9-22(20)23/h1-4,6-9,12-14,23H,5,10-11,15H2,(H,29,33)(H,30,34)(H,31,32). The van der Waals surface area contributed by atoms with Gasteiger partial charge < -0.3 is 20.5 Å². The summed E-state index contributed by atoms with van der Waals surface area (Å²) in [5, 5.41) is 14.8. The van der Waals surface area contributed by atoms with Crippen molar-refractivity contribution in [2.75, 3.05) is 11.9 Å². The zero-order valence-electron chi connectivity index (χ0n) is 18.7. The molecule has 0 aromatic heterocycles. The molecule has 0 heterocycles. The van der Waals surface area contributed by atoms with Gasteiger partial charge in [-0.25, -0.2) is 9.59 Å². The molecule has 0 bridgehead atoms. The maximum absolute atomic E-state index is 13.1. The summed E-state index contributed by atoms with van der Waals surface area (Å²) in [5.41, 5.74) is 3.80. The molecular formula is C27H23BrN2O5. The van der Waals surface area contributed by atoms with Gasteiger partial charge in [0.15, 0.2) is 0 Å². The van der Waals surface area contributed by atoms with E-state index in [1.54, 1.807) is 6.07 Å². The number of alkyl carbamates (subject to hydrolysis) is 1. The topological polar surface area (TPSA) is 105 Å². The lowest BCUT2D eigenvalue weighted by molar-refractivity contribution is -0.125. The molecule has 178 valence electrons. The van der Waals surface area contributed by atoms with Crippen molar-refractivity contribution in [3.05, 3.63) is 87.9 Å². The second-order valence-corrected chi connectivity index (χ2v) is 9.79. The van der Waals surface area contributed by atoms with Gasteiger partial charge in [0, 0.05) is 16.1 Å². The highest BCUT2D eigenvalue weighted by Gasteiger charge is 2.46. The predicted octanol–water partition coefficient (Wildman–Crippen LogP) is 5.55. The Morgan fingerprint density at radius 1 is 0.971 bits per heavy atom. The molecule has 0 radical (unpaired) electrons. The van der Waals surface area contributed by atoms with Crippen molar-refractivity contribution in [2.24, 2.45) is 0 Å². The molecule has 3 aromatic carbocycles. The molecule has 2 aliphatic rings. The third kappa shape index (κ3) is 4.41. The van der Waals surface area contributed by atoms with E-state index in [1.165, 1.54) is 12.1 Å². The minimum atomic E-state index is -1.10. The summed E-state index contributed by atoms with van der Waals surface area (Å²) < 4.78 is 6.15. The van der Waals surface area contributed by atoms with Crippen LogP contribution in [0, 0.1) is 0 Å². The highest BCUT2D eigenvalue weighted by molar-refractivity contribution is 9.10. The van der Waals surface area contributed by atoms with E-state index in [2.05, 4.69) is 38.7 Å². The summed E-state index contributed by atoms with van der Waals surface area (Å²) in [4.78, 5) is 37.2. The lowest BCUT2D eigenvalue weighted by Crippen LogP contribution is -2.61. The minimum Gasteiger partial charge on any atom is -0.478 e. The quantitative estimate of drug-likeness (QED) is 0.384. The Balaban J connectivity index is 1.27. The van der Waals surface area contributed by atoms with Crippen LogP contribution in [0.4, 0.5) is 10.5 Å². The molecule has 0 spiro atoms. The first-order chi connectivity index (χ1) is 16.9. The van der Waals surface area contributed by atoms with Crippen LogP contribution < -0.4 is 10.6 Å². The number of carbonyl (C=O) groups excluding carboxylic acids is 2. The number of fused-ring (bicyclic) bond motifs is 3. The predicted molar refractivity (Wildman–Crippen MR) is 135 cm³/mol. The molecule has 1 saturated carbocycles. The lowest BCUT2D eigenvalue weighted by atomic mass is 9.76. The number of halogens is 1. The molecule has 1 fully saturated rings. The number of anilines is 1. The zero-order valence-corrected chi connectivity index (χ0v) is 20.3. The first-order valence-electron chi connectivity index (χ1n) is 11.3. The molecule has 7 nitrogen and oxygen atoms in total. The van der Waals surface area contributed by atoms with Gasteiger partial charge in [0.25, 0.3) is 0 Å². The Kier molecular flexibility index (Phi) is 6.06. The molecular weight excluding hydrogens is 512 g/mol. The van der Waals surface area contributed by atoms with Crippen LogP contribution in [0.1, 0.15) is 46.7 Å². The zero-order chi connectivity index (χ0) is 24.6. The number of amides is 2. The molecule has 2 aliphatic carbocycles. The summed E-state index contributed by atoms with van der Waals surface area (Å²) in [6.45, 7) is 0.158. The number of carboxylic acid groups (broad SMARTS) is 1. The van der Waals surface area contributed by atoms with Crippen molar-refractivity contribution in [3.63, 3.8) is 0 Å². The first-order valence-corrected chi connectivity index (χ1v) is 12.1. The SMILES string of the molecule is O=C(NC1(C(=O)Nc2cc(Br)cc(C(=O)O)c2)CCC1)OCC1c2ccccc2-c2ccccc21. The number of benzene rings is 3. The van der Waals surface area contributed by atoms with Crippen LogP contribution in [0.3, 0.4) is 0 Å². The van der Waals surface area contributed by atoms with E-state index in [0.717, 1.165) is 28.7 Å². The van der Waals surface area contributed by atoms with Crippen molar-refractivity contribution < 1.29 is 24.2 Å². The van der Waals surface area contributed by atoms with Gasteiger partial charge in [-0.3, -0.25) is 4.79 Å². The average molecular weight is 535 g/mol. The van der Waals surface area contributed by atoms with E-state index >= 15 is 0 Å². The van der Waals surface area contributed by atoms with Crippen molar-refractivity contribution >= 4 is 39.6 Å². The van der Waals surface area contributed by atoms with E-state index in [-0.39, 0.29) is 18.1 Å². The van der Waals surface area contributed by atoms with Gasteiger partial charge in [0.1, 0.15) is 12.1 Å². The molecule has 0 unspecified atom stereocenters. The van der Waals surface area contributed by atoms with E-state index in [1.807, 2.05) is 36.4 Å². The summed E-state index contributed by atoms with van der Waals surface area (Å²) in [6.07, 6.45) is 1.09. The van der Waals surface area contributed by atoms with Crippen LogP contribution in [0.5, 0.6) is 0 Å². The number of hydrogen-bond acceptors (Lipinski definition) is 4. The van der Waals surface area contributed by atoms with Gasteiger partial charge in [0.05, 0.1) is 5.56 Å². The van der Waals surface area contributed by atoms with Crippen molar-refractivity contribution in [2.45, 2.75) is 30.7 Å². The van der Waals surface area contributed by atoms with E-state index in [4.69, 9.17) is 4.74 Å². The molecule has 3 N–H and O–H groups in total. The first kappa shape index (κ1) is 23.1. The van der Waals surface area contributed by atoms with Gasteiger partial charge in [-0.15, -0.1) is 0 Å². The Bertz CT molecular complexity index is 1290. The number of carboxylic acids is 1. The minimum absolute atomic E-state index is 0.0434. The van der Waals surface area contributed by atoms with Crippen molar-refractivity contribution in [3.8, 4) is 11.1 Å². The number of nitrogens with one attached hydrogen (secondary N) is 2. The molecule has 0 aliphatic heterocycles. The monoisotopic (exact) mass is 534 g/mol. The van der Waals surface area contributed by atoms with Gasteiger partial charge in [-0.2, -0.15) is 0 Å².